The van der Waals surface area contributed by atoms with Crippen LogP contribution in [0.5, 0.6) is 0 Å². The molecule has 1 rings (SSSR count). The number of carbonyl (C=O) groups excluding carboxylic acids is 1. The highest BCUT2D eigenvalue weighted by molar-refractivity contribution is 7.91. The van der Waals surface area contributed by atoms with Gasteiger partial charge in [0.05, 0.1) is 24.2 Å². The summed E-state index contributed by atoms with van der Waals surface area (Å²) < 4.78 is 22.6. The van der Waals surface area contributed by atoms with Crippen molar-refractivity contribution in [3.8, 4) is 0 Å². The molecule has 6 nitrogen and oxygen atoms in total. The quantitative estimate of drug-likeness (QED) is 0.622. The summed E-state index contributed by atoms with van der Waals surface area (Å²) in [5.41, 5.74) is 5.48. The van der Waals surface area contributed by atoms with Crippen LogP contribution in [0.25, 0.3) is 0 Å². The van der Waals surface area contributed by atoms with E-state index in [4.69, 9.17) is 10.8 Å². The van der Waals surface area contributed by atoms with Gasteiger partial charge in [-0.3, -0.25) is 4.79 Å². The Balaban J connectivity index is 2.75. The second-order valence-electron chi connectivity index (χ2n) is 4.10. The van der Waals surface area contributed by atoms with E-state index in [0.717, 1.165) is 0 Å². The molecule has 0 aromatic heterocycles. The van der Waals surface area contributed by atoms with Crippen molar-refractivity contribution in [2.75, 3.05) is 24.7 Å². The lowest BCUT2D eigenvalue weighted by molar-refractivity contribution is -0.134. The minimum Gasteiger partial charge on any atom is -0.395 e. The molecule has 94 valence electrons. The summed E-state index contributed by atoms with van der Waals surface area (Å²) in [5, 5.41) is 8.87. The number of aliphatic hydroxyl groups is 1. The second kappa shape index (κ2) is 5.11. The maximum absolute atomic E-state index is 11.7. The van der Waals surface area contributed by atoms with Crippen LogP contribution in [0.15, 0.2) is 0 Å². The highest BCUT2D eigenvalue weighted by atomic mass is 32.2. The van der Waals surface area contributed by atoms with E-state index in [1.807, 2.05) is 0 Å². The molecule has 0 aliphatic carbocycles. The predicted molar refractivity (Wildman–Crippen MR) is 59.5 cm³/mol. The van der Waals surface area contributed by atoms with Gasteiger partial charge in [-0.05, 0) is 13.3 Å². The molecule has 0 radical (unpaired) electrons. The number of amides is 1. The topological polar surface area (TPSA) is 101 Å². The molecule has 0 saturated carbocycles. The van der Waals surface area contributed by atoms with Gasteiger partial charge in [-0.1, -0.05) is 0 Å². The minimum atomic E-state index is -3.03. The van der Waals surface area contributed by atoms with Crippen LogP contribution in [0.1, 0.15) is 13.3 Å². The van der Waals surface area contributed by atoms with E-state index in [1.54, 1.807) is 6.92 Å². The smallest absolute Gasteiger partial charge is 0.239 e. The molecule has 3 N–H and O–H groups in total. The van der Waals surface area contributed by atoms with Gasteiger partial charge in [-0.15, -0.1) is 0 Å². The first-order valence-corrected chi connectivity index (χ1v) is 7.07. The molecule has 1 amide bonds. The molecule has 2 unspecified atom stereocenters. The highest BCUT2D eigenvalue weighted by Gasteiger charge is 2.35. The zero-order valence-electron chi connectivity index (χ0n) is 9.30. The third-order valence-corrected chi connectivity index (χ3v) is 4.41. The van der Waals surface area contributed by atoms with Crippen LogP contribution in [0, 0.1) is 0 Å². The fourth-order valence-electron chi connectivity index (χ4n) is 1.86. The van der Waals surface area contributed by atoms with Gasteiger partial charge in [0.15, 0.2) is 9.84 Å². The second-order valence-corrected chi connectivity index (χ2v) is 6.33. The number of aliphatic hydroxyl groups excluding tert-OH is 1. The molecule has 16 heavy (non-hydrogen) atoms. The molecule has 1 aliphatic heterocycles. The van der Waals surface area contributed by atoms with Crippen LogP contribution >= 0.6 is 0 Å². The van der Waals surface area contributed by atoms with Crippen molar-refractivity contribution in [1.82, 2.24) is 4.90 Å². The Morgan fingerprint density at radius 1 is 1.62 bits per heavy atom. The molecule has 1 fully saturated rings. The maximum atomic E-state index is 11.7. The van der Waals surface area contributed by atoms with Gasteiger partial charge in [-0.25, -0.2) is 8.42 Å². The van der Waals surface area contributed by atoms with Crippen molar-refractivity contribution < 1.29 is 18.3 Å². The fraction of sp³-hybridized carbons (Fsp3) is 0.889. The van der Waals surface area contributed by atoms with Crippen molar-refractivity contribution in [2.24, 2.45) is 5.73 Å². The Bertz CT molecular complexity index is 353. The Labute approximate surface area is 95.3 Å². The van der Waals surface area contributed by atoms with E-state index in [9.17, 15) is 13.2 Å². The number of rotatable bonds is 4. The lowest BCUT2D eigenvalue weighted by Gasteiger charge is -2.29. The van der Waals surface area contributed by atoms with Gasteiger partial charge in [0.1, 0.15) is 0 Å². The summed E-state index contributed by atoms with van der Waals surface area (Å²) in [7, 11) is -3.03. The molecule has 2 atom stereocenters. The summed E-state index contributed by atoms with van der Waals surface area (Å²) in [4.78, 5) is 13.1. The molecule has 7 heteroatoms. The highest BCUT2D eigenvalue weighted by Crippen LogP contribution is 2.18. The number of carbonyl (C=O) groups is 1. The normalized spacial score (nSPS) is 25.3. The largest absolute Gasteiger partial charge is 0.395 e. The van der Waals surface area contributed by atoms with E-state index >= 15 is 0 Å². The third-order valence-electron chi connectivity index (χ3n) is 2.66. The fourth-order valence-corrected chi connectivity index (χ4v) is 3.59. The lowest BCUT2D eigenvalue weighted by atomic mass is 10.2. The first kappa shape index (κ1) is 13.4. The van der Waals surface area contributed by atoms with Crippen molar-refractivity contribution in [2.45, 2.75) is 25.4 Å². The van der Waals surface area contributed by atoms with Gasteiger partial charge >= 0.3 is 0 Å². The average molecular weight is 250 g/mol. The maximum Gasteiger partial charge on any atom is 0.239 e. The van der Waals surface area contributed by atoms with Crippen molar-refractivity contribution in [3.05, 3.63) is 0 Å². The molecule has 1 aliphatic rings. The Morgan fingerprint density at radius 2 is 2.25 bits per heavy atom. The summed E-state index contributed by atoms with van der Waals surface area (Å²) in [6.07, 6.45) is 0.431. The van der Waals surface area contributed by atoms with Gasteiger partial charge in [-0.2, -0.15) is 0 Å². The van der Waals surface area contributed by atoms with E-state index in [1.165, 1.54) is 4.90 Å². The molecule has 1 heterocycles. The predicted octanol–water partition coefficient (Wildman–Crippen LogP) is -1.66. The van der Waals surface area contributed by atoms with Gasteiger partial charge in [0, 0.05) is 12.6 Å². The van der Waals surface area contributed by atoms with Crippen LogP contribution in [0.2, 0.25) is 0 Å². The van der Waals surface area contributed by atoms with E-state index in [-0.39, 0.29) is 36.6 Å². The van der Waals surface area contributed by atoms with Gasteiger partial charge in [0.25, 0.3) is 0 Å². The molecule has 0 aromatic rings. The van der Waals surface area contributed by atoms with Crippen LogP contribution < -0.4 is 5.73 Å². The van der Waals surface area contributed by atoms with Gasteiger partial charge in [0.2, 0.25) is 5.91 Å². The summed E-state index contributed by atoms with van der Waals surface area (Å²) >= 11 is 0. The van der Waals surface area contributed by atoms with Crippen LogP contribution in [0.3, 0.4) is 0 Å². The van der Waals surface area contributed by atoms with Crippen molar-refractivity contribution in [3.63, 3.8) is 0 Å². The average Bonchev–Trinajstić information content (AvgIpc) is 2.54. The SMILES string of the molecule is CC(N)C(=O)N(CCO)C1CCS(=O)(=O)C1. The number of nitrogens with zero attached hydrogens (tertiary/aromatic N) is 1. The third kappa shape index (κ3) is 3.16. The van der Waals surface area contributed by atoms with Crippen molar-refractivity contribution >= 4 is 15.7 Å². The van der Waals surface area contributed by atoms with Crippen LogP contribution in [-0.4, -0.2) is 61.1 Å². The molecule has 0 bridgehead atoms. The Hall–Kier alpha value is -0.660. The number of sulfone groups is 1. The molecule has 0 aromatic carbocycles. The zero-order valence-corrected chi connectivity index (χ0v) is 10.1. The first-order valence-electron chi connectivity index (χ1n) is 5.24. The zero-order chi connectivity index (χ0) is 12.3. The Morgan fingerprint density at radius 3 is 2.62 bits per heavy atom. The summed E-state index contributed by atoms with van der Waals surface area (Å²) in [6.45, 7) is 1.51. The van der Waals surface area contributed by atoms with Crippen molar-refractivity contribution in [1.29, 1.82) is 0 Å². The molecule has 1 saturated heterocycles. The molecular formula is C9H18N2O4S. The number of nitrogens with two attached hydrogens (primary N) is 1. The van der Waals surface area contributed by atoms with E-state index in [2.05, 4.69) is 0 Å². The summed E-state index contributed by atoms with van der Waals surface area (Å²) in [5.74, 6) is -0.228. The van der Waals surface area contributed by atoms with E-state index in [0.29, 0.717) is 6.42 Å². The van der Waals surface area contributed by atoms with Crippen LogP contribution in [0.4, 0.5) is 0 Å². The number of hydrogen-bond acceptors (Lipinski definition) is 5. The first-order chi connectivity index (χ1) is 7.37. The monoisotopic (exact) mass is 250 g/mol. The lowest BCUT2D eigenvalue weighted by Crippen LogP contribution is -2.49. The minimum absolute atomic E-state index is 0.0224. The standard InChI is InChI=1S/C9H18N2O4S/c1-7(10)9(13)11(3-4-12)8-2-5-16(14,15)6-8/h7-8,12H,2-6,10H2,1H3. The van der Waals surface area contributed by atoms with Gasteiger partial charge < -0.3 is 15.7 Å². The van der Waals surface area contributed by atoms with E-state index < -0.39 is 15.9 Å². The summed E-state index contributed by atoms with van der Waals surface area (Å²) in [6, 6.07) is -1.01. The Kier molecular flexibility index (Phi) is 4.28. The molecule has 0 spiro atoms. The van der Waals surface area contributed by atoms with Crippen LogP contribution in [-0.2, 0) is 14.6 Å². The number of hydrogen-bond donors (Lipinski definition) is 2. The molecular weight excluding hydrogens is 232 g/mol.